The maximum Gasteiger partial charge on any atom is 0.185 e. The summed E-state index contributed by atoms with van der Waals surface area (Å²) in [4.78, 5) is 12.8. The molecule has 0 bridgehead atoms. The summed E-state index contributed by atoms with van der Waals surface area (Å²) in [5.41, 5.74) is 2.50. The summed E-state index contributed by atoms with van der Waals surface area (Å²) in [6, 6.07) is 8.23. The summed E-state index contributed by atoms with van der Waals surface area (Å²) in [6.45, 7) is 15.4. The van der Waals surface area contributed by atoms with Gasteiger partial charge in [-0.25, -0.2) is 0 Å². The van der Waals surface area contributed by atoms with Crippen LogP contribution < -0.4 is 4.74 Å². The normalized spacial score (nSPS) is 12.3. The van der Waals surface area contributed by atoms with Gasteiger partial charge < -0.3 is 14.9 Å². The second-order valence-electron chi connectivity index (χ2n) is 9.63. The van der Waals surface area contributed by atoms with Crippen LogP contribution in [0.3, 0.4) is 0 Å². The number of allylic oxidation sites excluding steroid dienone is 1. The molecule has 2 aromatic carbocycles. The fourth-order valence-corrected chi connectivity index (χ4v) is 3.47. The molecule has 0 unspecified atom stereocenters. The Morgan fingerprint density at radius 1 is 0.938 bits per heavy atom. The van der Waals surface area contributed by atoms with E-state index in [0.29, 0.717) is 23.5 Å². The minimum Gasteiger partial charge on any atom is -0.508 e. The van der Waals surface area contributed by atoms with E-state index < -0.39 is 0 Å². The number of ketones is 1. The van der Waals surface area contributed by atoms with Crippen molar-refractivity contribution in [3.05, 3.63) is 58.7 Å². The molecule has 0 aromatic heterocycles. The number of rotatable bonds is 10. The van der Waals surface area contributed by atoms with Crippen LogP contribution >= 0.6 is 0 Å². The third-order valence-electron chi connectivity index (χ3n) is 6.52. The van der Waals surface area contributed by atoms with E-state index in [2.05, 4.69) is 47.6 Å². The minimum absolute atomic E-state index is 0.111. The standard InChI is InChI=1S/C28H38O4/c1-8-17-32-26-21(15-16-24(30)19-11-13-20(29)14-12-19)25(31)22(27(4,5)9-2)18-23(26)28(6,7)10-3/h11-16,18,29,31H,8-10,17H2,1-7H3/b16-15+. The Balaban J connectivity index is 2.73. The summed E-state index contributed by atoms with van der Waals surface area (Å²) in [5, 5.41) is 20.8. The van der Waals surface area contributed by atoms with Gasteiger partial charge in [-0.3, -0.25) is 4.79 Å². The van der Waals surface area contributed by atoms with Crippen molar-refractivity contribution in [2.45, 2.75) is 78.6 Å². The molecule has 2 N–H and O–H groups in total. The van der Waals surface area contributed by atoms with E-state index in [1.54, 1.807) is 18.2 Å². The van der Waals surface area contributed by atoms with Crippen molar-refractivity contribution >= 4 is 11.9 Å². The number of benzene rings is 2. The Labute approximate surface area is 193 Å². The molecule has 0 aliphatic rings. The molecule has 0 saturated heterocycles. The number of phenolic OH excluding ortho intramolecular Hbond substituents is 2. The van der Waals surface area contributed by atoms with Crippen molar-refractivity contribution in [3.63, 3.8) is 0 Å². The SMILES string of the molecule is CCCOc1c(C(C)(C)CC)cc(C(C)(C)CC)c(O)c1/C=C/C(=O)c1ccc(O)cc1. The lowest BCUT2D eigenvalue weighted by Gasteiger charge is -2.32. The van der Waals surface area contributed by atoms with Crippen LogP contribution in [0.2, 0.25) is 0 Å². The molecule has 2 aromatic rings. The number of hydrogen-bond donors (Lipinski definition) is 2. The van der Waals surface area contributed by atoms with Gasteiger partial charge in [-0.15, -0.1) is 0 Å². The molecule has 0 heterocycles. The Kier molecular flexibility index (Phi) is 8.17. The largest absolute Gasteiger partial charge is 0.508 e. The lowest BCUT2D eigenvalue weighted by molar-refractivity contribution is 0.104. The summed E-state index contributed by atoms with van der Waals surface area (Å²) in [5.74, 6) is 0.705. The van der Waals surface area contributed by atoms with E-state index in [0.717, 1.165) is 30.4 Å². The van der Waals surface area contributed by atoms with E-state index in [1.807, 2.05) is 6.92 Å². The van der Waals surface area contributed by atoms with Crippen molar-refractivity contribution in [3.8, 4) is 17.2 Å². The summed E-state index contributed by atoms with van der Waals surface area (Å²) >= 11 is 0. The summed E-state index contributed by atoms with van der Waals surface area (Å²) < 4.78 is 6.19. The predicted octanol–water partition coefficient (Wildman–Crippen LogP) is 7.16. The first-order valence-corrected chi connectivity index (χ1v) is 11.5. The number of hydrogen-bond acceptors (Lipinski definition) is 4. The predicted molar refractivity (Wildman–Crippen MR) is 132 cm³/mol. The first-order valence-electron chi connectivity index (χ1n) is 11.5. The molecular weight excluding hydrogens is 400 g/mol. The van der Waals surface area contributed by atoms with Gasteiger partial charge in [0.05, 0.1) is 12.2 Å². The highest BCUT2D eigenvalue weighted by atomic mass is 16.5. The Morgan fingerprint density at radius 3 is 2.03 bits per heavy atom. The number of aromatic hydroxyl groups is 2. The number of phenols is 2. The van der Waals surface area contributed by atoms with E-state index in [-0.39, 0.29) is 28.1 Å². The molecule has 0 atom stereocenters. The first kappa shape index (κ1) is 25.5. The monoisotopic (exact) mass is 438 g/mol. The molecule has 2 rings (SSSR count). The Morgan fingerprint density at radius 2 is 1.50 bits per heavy atom. The second-order valence-corrected chi connectivity index (χ2v) is 9.63. The van der Waals surface area contributed by atoms with Crippen LogP contribution in [0.15, 0.2) is 36.4 Å². The van der Waals surface area contributed by atoms with Crippen LogP contribution in [-0.4, -0.2) is 22.6 Å². The Hall–Kier alpha value is -2.75. The van der Waals surface area contributed by atoms with Crippen molar-refractivity contribution < 1.29 is 19.7 Å². The molecule has 174 valence electrons. The third-order valence-corrected chi connectivity index (χ3v) is 6.52. The van der Waals surface area contributed by atoms with E-state index in [1.165, 1.54) is 18.2 Å². The van der Waals surface area contributed by atoms with Crippen LogP contribution in [0.25, 0.3) is 6.08 Å². The van der Waals surface area contributed by atoms with Gasteiger partial charge in [0.2, 0.25) is 0 Å². The molecule has 0 aliphatic carbocycles. The van der Waals surface area contributed by atoms with E-state index >= 15 is 0 Å². The van der Waals surface area contributed by atoms with Crippen LogP contribution in [0.5, 0.6) is 17.2 Å². The van der Waals surface area contributed by atoms with Crippen molar-refractivity contribution in [2.24, 2.45) is 0 Å². The van der Waals surface area contributed by atoms with Gasteiger partial charge in [-0.05, 0) is 72.6 Å². The van der Waals surface area contributed by atoms with Crippen molar-refractivity contribution in [1.29, 1.82) is 0 Å². The van der Waals surface area contributed by atoms with E-state index in [4.69, 9.17) is 4.74 Å². The van der Waals surface area contributed by atoms with Crippen LogP contribution in [-0.2, 0) is 10.8 Å². The topological polar surface area (TPSA) is 66.8 Å². The zero-order chi connectivity index (χ0) is 24.1. The van der Waals surface area contributed by atoms with Crippen molar-refractivity contribution in [2.75, 3.05) is 6.61 Å². The smallest absolute Gasteiger partial charge is 0.185 e. The van der Waals surface area contributed by atoms with Crippen LogP contribution in [0.4, 0.5) is 0 Å². The molecule has 0 fully saturated rings. The lowest BCUT2D eigenvalue weighted by Crippen LogP contribution is -2.22. The molecule has 4 nitrogen and oxygen atoms in total. The molecule has 0 saturated carbocycles. The van der Waals surface area contributed by atoms with Gasteiger partial charge in [0, 0.05) is 16.7 Å². The lowest BCUT2D eigenvalue weighted by atomic mass is 9.74. The van der Waals surface area contributed by atoms with E-state index in [9.17, 15) is 15.0 Å². The molecule has 0 radical (unpaired) electrons. The molecule has 32 heavy (non-hydrogen) atoms. The van der Waals surface area contributed by atoms with Gasteiger partial charge >= 0.3 is 0 Å². The van der Waals surface area contributed by atoms with Crippen LogP contribution in [0.1, 0.15) is 94.8 Å². The van der Waals surface area contributed by atoms with Gasteiger partial charge in [-0.1, -0.05) is 48.5 Å². The molecule has 4 heteroatoms. The summed E-state index contributed by atoms with van der Waals surface area (Å²) in [7, 11) is 0. The van der Waals surface area contributed by atoms with Crippen LogP contribution in [0, 0.1) is 0 Å². The zero-order valence-corrected chi connectivity index (χ0v) is 20.6. The minimum atomic E-state index is -0.241. The maximum absolute atomic E-state index is 12.8. The fourth-order valence-electron chi connectivity index (χ4n) is 3.47. The maximum atomic E-state index is 12.8. The second kappa shape index (κ2) is 10.2. The first-order chi connectivity index (χ1) is 15.0. The fraction of sp³-hybridized carbons (Fsp3) is 0.464. The number of carbonyl (C=O) groups is 1. The van der Waals surface area contributed by atoms with Gasteiger partial charge in [0.15, 0.2) is 5.78 Å². The quantitative estimate of drug-likeness (QED) is 0.305. The molecular formula is C28H38O4. The summed E-state index contributed by atoms with van der Waals surface area (Å²) in [6.07, 6.45) is 5.73. The average Bonchev–Trinajstić information content (AvgIpc) is 2.76. The molecule has 0 amide bonds. The Bertz CT molecular complexity index is 966. The molecule has 0 spiro atoms. The van der Waals surface area contributed by atoms with Gasteiger partial charge in [0.1, 0.15) is 17.2 Å². The number of ether oxygens (including phenoxy) is 1. The zero-order valence-electron chi connectivity index (χ0n) is 20.6. The highest BCUT2D eigenvalue weighted by Crippen LogP contribution is 2.47. The number of carbonyl (C=O) groups excluding carboxylic acids is 1. The third kappa shape index (κ3) is 5.53. The van der Waals surface area contributed by atoms with Crippen molar-refractivity contribution in [1.82, 2.24) is 0 Å². The highest BCUT2D eigenvalue weighted by molar-refractivity contribution is 6.07. The molecule has 0 aliphatic heterocycles. The van der Waals surface area contributed by atoms with Gasteiger partial charge in [0.25, 0.3) is 0 Å². The highest BCUT2D eigenvalue weighted by Gasteiger charge is 2.32. The van der Waals surface area contributed by atoms with Gasteiger partial charge in [-0.2, -0.15) is 0 Å². The average molecular weight is 439 g/mol.